The minimum atomic E-state index is -1.06. The molecule has 0 unspecified atom stereocenters. The highest BCUT2D eigenvalue weighted by molar-refractivity contribution is 5.96. The summed E-state index contributed by atoms with van der Waals surface area (Å²) in [5.41, 5.74) is 8.67. The second kappa shape index (κ2) is 13.8. The van der Waals surface area contributed by atoms with Crippen LogP contribution in [0.15, 0.2) is 48.9 Å². The fourth-order valence-corrected chi connectivity index (χ4v) is 4.69. The highest BCUT2D eigenvalue weighted by Crippen LogP contribution is 2.31. The Morgan fingerprint density at radius 3 is 2.55 bits per heavy atom. The quantitative estimate of drug-likeness (QED) is 0.166. The van der Waals surface area contributed by atoms with Crippen molar-refractivity contribution in [3.8, 4) is 17.0 Å². The monoisotopic (exact) mass is 550 g/mol. The van der Waals surface area contributed by atoms with Crippen molar-refractivity contribution in [3.05, 3.63) is 71.7 Å². The first-order valence-electron chi connectivity index (χ1n) is 13.7. The number of benzene rings is 2. The number of unbranched alkanes of at least 4 members (excludes halogenated alkanes) is 5. The van der Waals surface area contributed by atoms with Crippen molar-refractivity contribution in [1.29, 1.82) is 0 Å². The van der Waals surface area contributed by atoms with Gasteiger partial charge >= 0.3 is 0 Å². The molecule has 0 saturated heterocycles. The van der Waals surface area contributed by atoms with Gasteiger partial charge < -0.3 is 21.1 Å². The number of nitrogens with two attached hydrogens (primary N) is 1. The largest absolute Gasteiger partial charge is 0.494 e. The molecule has 0 radical (unpaired) electrons. The molecule has 4 N–H and O–H groups in total. The first-order valence-corrected chi connectivity index (χ1v) is 13.7. The minimum absolute atomic E-state index is 0.0539. The first-order chi connectivity index (χ1) is 19.5. The first kappa shape index (κ1) is 28.9. The van der Waals surface area contributed by atoms with Gasteiger partial charge in [0.1, 0.15) is 0 Å². The van der Waals surface area contributed by atoms with Gasteiger partial charge in [-0.1, -0.05) is 32.6 Å². The highest BCUT2D eigenvalue weighted by atomic mass is 19.2. The number of nitrogens with one attached hydrogen (secondary N) is 2. The molecule has 1 amide bonds. The predicted molar refractivity (Wildman–Crippen MR) is 153 cm³/mol. The van der Waals surface area contributed by atoms with Crippen LogP contribution < -0.4 is 21.1 Å². The number of hydrogen-bond donors (Lipinski definition) is 3. The second-order valence-corrected chi connectivity index (χ2v) is 9.57. The number of amides is 1. The third-order valence-electron chi connectivity index (χ3n) is 6.88. The van der Waals surface area contributed by atoms with Crippen molar-refractivity contribution in [3.63, 3.8) is 0 Å². The third kappa shape index (κ3) is 6.56. The van der Waals surface area contributed by atoms with Gasteiger partial charge in [-0.15, -0.1) is 0 Å². The lowest BCUT2D eigenvalue weighted by molar-refractivity contribution is 0.0952. The van der Waals surface area contributed by atoms with Crippen LogP contribution in [0.25, 0.3) is 16.9 Å². The maximum absolute atomic E-state index is 14.8. The normalized spacial score (nSPS) is 11.1. The smallest absolute Gasteiger partial charge is 0.251 e. The lowest BCUT2D eigenvalue weighted by Gasteiger charge is -2.13. The van der Waals surface area contributed by atoms with Crippen LogP contribution in [0.2, 0.25) is 0 Å². The van der Waals surface area contributed by atoms with E-state index in [0.29, 0.717) is 35.7 Å². The molecule has 8 nitrogen and oxygen atoms in total. The molecule has 0 aliphatic carbocycles. The van der Waals surface area contributed by atoms with Crippen molar-refractivity contribution in [2.75, 3.05) is 25.5 Å². The fourth-order valence-electron chi connectivity index (χ4n) is 4.69. The predicted octanol–water partition coefficient (Wildman–Crippen LogP) is 6.02. The van der Waals surface area contributed by atoms with Crippen LogP contribution in [-0.2, 0) is 6.42 Å². The molecular formula is C30H36F2N6O2. The van der Waals surface area contributed by atoms with Crippen LogP contribution in [0.1, 0.15) is 61.4 Å². The maximum Gasteiger partial charge on any atom is 0.251 e. The van der Waals surface area contributed by atoms with Crippen LogP contribution in [-0.4, -0.2) is 40.5 Å². The molecular weight excluding hydrogens is 514 g/mol. The summed E-state index contributed by atoms with van der Waals surface area (Å²) in [5, 5.41) is 6.29. The van der Waals surface area contributed by atoms with Gasteiger partial charge in [0.2, 0.25) is 5.82 Å². The zero-order valence-electron chi connectivity index (χ0n) is 23.0. The van der Waals surface area contributed by atoms with E-state index in [4.69, 9.17) is 10.5 Å². The van der Waals surface area contributed by atoms with E-state index in [2.05, 4.69) is 20.6 Å². The summed E-state index contributed by atoms with van der Waals surface area (Å²) >= 11 is 0. The molecule has 40 heavy (non-hydrogen) atoms. The number of imidazole rings is 1. The van der Waals surface area contributed by atoms with Crippen molar-refractivity contribution in [2.45, 2.75) is 51.9 Å². The summed E-state index contributed by atoms with van der Waals surface area (Å²) < 4.78 is 35.6. The van der Waals surface area contributed by atoms with E-state index < -0.39 is 11.6 Å². The Balaban J connectivity index is 1.46. The second-order valence-electron chi connectivity index (χ2n) is 9.57. The van der Waals surface area contributed by atoms with Crippen molar-refractivity contribution in [1.82, 2.24) is 19.7 Å². The van der Waals surface area contributed by atoms with E-state index in [1.807, 2.05) is 19.1 Å². The summed E-state index contributed by atoms with van der Waals surface area (Å²) in [6.45, 7) is 3.39. The Labute approximate surface area is 233 Å². The minimum Gasteiger partial charge on any atom is -0.494 e. The van der Waals surface area contributed by atoms with E-state index in [0.717, 1.165) is 49.9 Å². The molecule has 2 aromatic carbocycles. The lowest BCUT2D eigenvalue weighted by Crippen LogP contribution is -2.25. The number of nitrogens with zero attached hydrogens (tertiary/aromatic N) is 3. The number of fused-ring (bicyclic) bond motifs is 1. The number of ether oxygens (including phenoxy) is 1. The highest BCUT2D eigenvalue weighted by Gasteiger charge is 2.19. The number of carbonyl (C=O) groups excluding carboxylic acids is 1. The van der Waals surface area contributed by atoms with Gasteiger partial charge in [0.25, 0.3) is 5.91 Å². The number of aromatic nitrogens is 3. The van der Waals surface area contributed by atoms with E-state index in [1.165, 1.54) is 31.9 Å². The number of aryl methyl sites for hydroxylation is 1. The Kier molecular flexibility index (Phi) is 10.0. The third-order valence-corrected chi connectivity index (χ3v) is 6.88. The summed E-state index contributed by atoms with van der Waals surface area (Å²) in [6, 6.07) is 8.37. The van der Waals surface area contributed by atoms with Gasteiger partial charge in [0.05, 0.1) is 19.0 Å². The summed E-state index contributed by atoms with van der Waals surface area (Å²) in [6.07, 6.45) is 11.9. The molecule has 212 valence electrons. The molecule has 0 fully saturated rings. The van der Waals surface area contributed by atoms with Crippen molar-refractivity contribution >= 4 is 23.1 Å². The molecule has 0 bridgehead atoms. The van der Waals surface area contributed by atoms with Gasteiger partial charge in [-0.3, -0.25) is 9.20 Å². The summed E-state index contributed by atoms with van der Waals surface area (Å²) in [7, 11) is 1.28. The number of methoxy groups -OCH3 is 1. The fraction of sp³-hybridized carbons (Fsp3) is 0.367. The number of halogens is 2. The Hall–Kier alpha value is -4.05. The molecule has 0 spiro atoms. The number of carbonyl (C=O) groups is 1. The van der Waals surface area contributed by atoms with Gasteiger partial charge in [0, 0.05) is 35.8 Å². The topological polar surface area (TPSA) is 107 Å². The molecule has 0 saturated carbocycles. The van der Waals surface area contributed by atoms with Gasteiger partial charge in [-0.05, 0) is 61.7 Å². The standard InChI is InChI=1S/C30H36F2N6O2/c1-3-20-18-21(10-11-22(20)30(39)35-15-9-7-5-4-6-8-14-33)37-28-29-36-19-24(38(29)17-16-34-28)23-12-13-25(40-2)27(32)26(23)31/h10-13,16-19H,3-9,14-15,33H2,1-2H3,(H,34,37)(H,35,39). The molecule has 0 aliphatic heterocycles. The van der Waals surface area contributed by atoms with E-state index >= 15 is 0 Å². The zero-order chi connectivity index (χ0) is 28.5. The molecule has 0 aliphatic rings. The van der Waals surface area contributed by atoms with E-state index in [-0.39, 0.29) is 17.2 Å². The van der Waals surface area contributed by atoms with Crippen LogP contribution >= 0.6 is 0 Å². The Morgan fingerprint density at radius 1 is 1.02 bits per heavy atom. The Bertz CT molecular complexity index is 1460. The Morgan fingerprint density at radius 2 is 1.80 bits per heavy atom. The lowest BCUT2D eigenvalue weighted by atomic mass is 10.0. The van der Waals surface area contributed by atoms with Crippen LogP contribution in [0.4, 0.5) is 20.3 Å². The molecule has 0 atom stereocenters. The van der Waals surface area contributed by atoms with Crippen LogP contribution in [0.3, 0.4) is 0 Å². The number of hydrogen-bond acceptors (Lipinski definition) is 6. The van der Waals surface area contributed by atoms with E-state index in [9.17, 15) is 13.6 Å². The molecule has 2 heterocycles. The van der Waals surface area contributed by atoms with Gasteiger partial charge in [0.15, 0.2) is 23.0 Å². The molecule has 4 rings (SSSR count). The molecule has 4 aromatic rings. The van der Waals surface area contributed by atoms with Gasteiger partial charge in [-0.25, -0.2) is 14.4 Å². The number of anilines is 2. The zero-order valence-corrected chi connectivity index (χ0v) is 23.0. The van der Waals surface area contributed by atoms with Crippen molar-refractivity contribution < 1.29 is 18.3 Å². The van der Waals surface area contributed by atoms with E-state index in [1.54, 1.807) is 22.9 Å². The molecule has 2 aromatic heterocycles. The van der Waals surface area contributed by atoms with Crippen molar-refractivity contribution in [2.24, 2.45) is 5.73 Å². The average molecular weight is 551 g/mol. The molecule has 10 heteroatoms. The summed E-state index contributed by atoms with van der Waals surface area (Å²) in [4.78, 5) is 21.6. The van der Waals surface area contributed by atoms with Gasteiger partial charge in [-0.2, -0.15) is 4.39 Å². The summed E-state index contributed by atoms with van der Waals surface area (Å²) in [5.74, 6) is -1.89. The van der Waals surface area contributed by atoms with Crippen LogP contribution in [0, 0.1) is 11.6 Å². The maximum atomic E-state index is 14.8. The average Bonchev–Trinajstić information content (AvgIpc) is 3.40. The SMILES string of the molecule is CCc1cc(Nc2nccn3c(-c4ccc(OC)c(F)c4F)cnc23)ccc1C(=O)NCCCCCCCCN. The van der Waals surface area contributed by atoms with Crippen LogP contribution in [0.5, 0.6) is 5.75 Å². The number of rotatable bonds is 14.